The number of piperidine rings is 1. The monoisotopic (exact) mass is 505 g/mol. The lowest BCUT2D eigenvalue weighted by atomic mass is 10.0. The molecule has 1 aliphatic heterocycles. The van der Waals surface area contributed by atoms with Crippen LogP contribution in [0.5, 0.6) is 11.6 Å². The van der Waals surface area contributed by atoms with E-state index < -0.39 is 9.84 Å². The molecule has 1 aliphatic rings. The summed E-state index contributed by atoms with van der Waals surface area (Å²) in [6.45, 7) is 6.42. The molecule has 4 rings (SSSR count). The first-order chi connectivity index (χ1) is 17.1. The number of likely N-dealkylation sites (tertiary alicyclic amines) is 1. The lowest BCUT2D eigenvalue weighted by Crippen LogP contribution is -2.38. The average Bonchev–Trinajstić information content (AvgIpc) is 2.84. The van der Waals surface area contributed by atoms with Gasteiger partial charge < -0.3 is 15.8 Å². The predicted octanol–water partition coefficient (Wildman–Crippen LogP) is 4.42. The van der Waals surface area contributed by atoms with Gasteiger partial charge in [-0.3, -0.25) is 4.90 Å². The molecule has 1 aromatic heterocycles. The van der Waals surface area contributed by atoms with Gasteiger partial charge in [0.05, 0.1) is 22.2 Å². The van der Waals surface area contributed by atoms with Crippen molar-refractivity contribution in [3.8, 4) is 17.7 Å². The van der Waals surface area contributed by atoms with Crippen molar-refractivity contribution in [1.29, 1.82) is 5.26 Å². The van der Waals surface area contributed by atoms with Gasteiger partial charge in [0.1, 0.15) is 5.75 Å². The molecule has 0 bridgehead atoms. The van der Waals surface area contributed by atoms with Crippen LogP contribution in [0.1, 0.15) is 35.1 Å². The van der Waals surface area contributed by atoms with E-state index in [0.29, 0.717) is 33.6 Å². The standard InChI is InChI=1S/C27H31N5O3S/c1-18-14-21(16-28)15-19(2)26(18)35-25-9-8-24(29)27(31-25)30-22-10-12-32(13-11-22)17-20-4-6-23(7-5-20)36(3,33)34/h4-9,14-15,22H,10-13,17,29H2,1-3H3,(H,30,31). The minimum atomic E-state index is -3.18. The number of nitrogens with two attached hydrogens (primary N) is 1. The maximum Gasteiger partial charge on any atom is 0.221 e. The quantitative estimate of drug-likeness (QED) is 0.484. The van der Waals surface area contributed by atoms with Gasteiger partial charge in [0.25, 0.3) is 0 Å². The number of aromatic nitrogens is 1. The van der Waals surface area contributed by atoms with Gasteiger partial charge in [0.15, 0.2) is 15.7 Å². The van der Waals surface area contributed by atoms with Crippen molar-refractivity contribution in [3.05, 3.63) is 70.8 Å². The Kier molecular flexibility index (Phi) is 7.48. The van der Waals surface area contributed by atoms with Gasteiger partial charge in [0.2, 0.25) is 5.88 Å². The zero-order valence-corrected chi connectivity index (χ0v) is 21.6. The highest BCUT2D eigenvalue weighted by Gasteiger charge is 2.21. The number of nitrogens with zero attached hydrogens (tertiary/aromatic N) is 3. The molecule has 1 saturated heterocycles. The Balaban J connectivity index is 1.36. The minimum absolute atomic E-state index is 0.234. The Morgan fingerprint density at radius 2 is 1.75 bits per heavy atom. The molecular formula is C27H31N5O3S. The first kappa shape index (κ1) is 25.5. The minimum Gasteiger partial charge on any atom is -0.438 e. The number of pyridine rings is 1. The Bertz CT molecular complexity index is 1370. The number of nitrogen functional groups attached to an aromatic ring is 1. The fourth-order valence-electron chi connectivity index (χ4n) is 4.43. The lowest BCUT2D eigenvalue weighted by molar-refractivity contribution is 0.211. The second-order valence-corrected chi connectivity index (χ2v) is 11.4. The predicted molar refractivity (Wildman–Crippen MR) is 141 cm³/mol. The van der Waals surface area contributed by atoms with Crippen LogP contribution in [0.2, 0.25) is 0 Å². The van der Waals surface area contributed by atoms with Gasteiger partial charge in [-0.05, 0) is 73.7 Å². The van der Waals surface area contributed by atoms with E-state index in [0.717, 1.165) is 49.2 Å². The van der Waals surface area contributed by atoms with Crippen LogP contribution in [0.4, 0.5) is 11.5 Å². The van der Waals surface area contributed by atoms with Crippen molar-refractivity contribution in [2.45, 2.75) is 44.2 Å². The van der Waals surface area contributed by atoms with E-state index in [-0.39, 0.29) is 6.04 Å². The number of sulfone groups is 1. The Labute approximate surface area is 212 Å². The number of ether oxygens (including phenoxy) is 1. The molecule has 9 heteroatoms. The van der Waals surface area contributed by atoms with E-state index in [9.17, 15) is 8.42 Å². The number of hydrogen-bond acceptors (Lipinski definition) is 8. The Morgan fingerprint density at radius 1 is 1.11 bits per heavy atom. The molecule has 0 aliphatic carbocycles. The maximum atomic E-state index is 11.7. The van der Waals surface area contributed by atoms with Crippen molar-refractivity contribution in [2.75, 3.05) is 30.4 Å². The number of benzene rings is 2. The molecule has 3 aromatic rings. The molecule has 8 nitrogen and oxygen atoms in total. The highest BCUT2D eigenvalue weighted by atomic mass is 32.2. The van der Waals surface area contributed by atoms with Crippen LogP contribution < -0.4 is 15.8 Å². The Hall–Kier alpha value is -3.61. The summed E-state index contributed by atoms with van der Waals surface area (Å²) in [6.07, 6.45) is 3.08. The highest BCUT2D eigenvalue weighted by Crippen LogP contribution is 2.31. The smallest absolute Gasteiger partial charge is 0.221 e. The number of nitriles is 1. The largest absolute Gasteiger partial charge is 0.438 e. The summed E-state index contributed by atoms with van der Waals surface area (Å²) in [5, 5.41) is 12.6. The molecule has 0 atom stereocenters. The van der Waals surface area contributed by atoms with Crippen molar-refractivity contribution in [2.24, 2.45) is 0 Å². The summed E-state index contributed by atoms with van der Waals surface area (Å²) in [7, 11) is -3.18. The molecule has 0 amide bonds. The molecule has 2 aromatic carbocycles. The van der Waals surface area contributed by atoms with E-state index in [4.69, 9.17) is 15.7 Å². The van der Waals surface area contributed by atoms with Crippen LogP contribution in [0.15, 0.2) is 53.4 Å². The molecule has 0 unspecified atom stereocenters. The Morgan fingerprint density at radius 3 is 2.33 bits per heavy atom. The van der Waals surface area contributed by atoms with Crippen LogP contribution in [0.25, 0.3) is 0 Å². The van der Waals surface area contributed by atoms with E-state index in [1.165, 1.54) is 6.26 Å². The second-order valence-electron chi connectivity index (χ2n) is 9.35. The summed E-state index contributed by atoms with van der Waals surface area (Å²) in [5.41, 5.74) is 10.2. The zero-order chi connectivity index (χ0) is 25.9. The molecule has 0 radical (unpaired) electrons. The third-order valence-electron chi connectivity index (χ3n) is 6.38. The number of aryl methyl sites for hydroxylation is 2. The van der Waals surface area contributed by atoms with E-state index in [1.807, 2.05) is 26.0 Å². The molecule has 2 heterocycles. The van der Waals surface area contributed by atoms with Crippen LogP contribution in [0.3, 0.4) is 0 Å². The summed E-state index contributed by atoms with van der Waals surface area (Å²) in [4.78, 5) is 7.32. The van der Waals surface area contributed by atoms with Crippen molar-refractivity contribution in [1.82, 2.24) is 9.88 Å². The van der Waals surface area contributed by atoms with Gasteiger partial charge in [0, 0.05) is 38.0 Å². The van der Waals surface area contributed by atoms with E-state index in [1.54, 1.807) is 36.4 Å². The van der Waals surface area contributed by atoms with Crippen LogP contribution >= 0.6 is 0 Å². The lowest BCUT2D eigenvalue weighted by Gasteiger charge is -2.32. The van der Waals surface area contributed by atoms with Gasteiger partial charge in [-0.1, -0.05) is 12.1 Å². The zero-order valence-electron chi connectivity index (χ0n) is 20.8. The molecular weight excluding hydrogens is 474 g/mol. The van der Waals surface area contributed by atoms with Gasteiger partial charge in [-0.2, -0.15) is 10.2 Å². The fourth-order valence-corrected chi connectivity index (χ4v) is 5.06. The molecule has 0 saturated carbocycles. The SMILES string of the molecule is Cc1cc(C#N)cc(C)c1Oc1ccc(N)c(NC2CCN(Cc3ccc(S(C)(=O)=O)cc3)CC2)n1. The summed E-state index contributed by atoms with van der Waals surface area (Å²) in [6, 6.07) is 16.6. The van der Waals surface area contributed by atoms with E-state index >= 15 is 0 Å². The van der Waals surface area contributed by atoms with Crippen LogP contribution in [0, 0.1) is 25.2 Å². The molecule has 3 N–H and O–H groups in total. The van der Waals surface area contributed by atoms with Crippen molar-refractivity contribution >= 4 is 21.3 Å². The molecule has 0 spiro atoms. The first-order valence-electron chi connectivity index (χ1n) is 11.9. The first-order valence-corrected chi connectivity index (χ1v) is 13.7. The van der Waals surface area contributed by atoms with Crippen LogP contribution in [-0.4, -0.2) is 43.7 Å². The molecule has 1 fully saturated rings. The normalized spacial score (nSPS) is 14.8. The fraction of sp³-hybridized carbons (Fsp3) is 0.333. The van der Waals surface area contributed by atoms with Gasteiger partial charge in [-0.15, -0.1) is 0 Å². The number of hydrogen-bond donors (Lipinski definition) is 2. The molecule has 36 heavy (non-hydrogen) atoms. The average molecular weight is 506 g/mol. The third kappa shape index (κ3) is 6.14. The third-order valence-corrected chi connectivity index (χ3v) is 7.51. The second kappa shape index (κ2) is 10.6. The number of rotatable bonds is 7. The molecule has 188 valence electrons. The van der Waals surface area contributed by atoms with Crippen molar-refractivity contribution < 1.29 is 13.2 Å². The number of nitrogens with one attached hydrogen (secondary N) is 1. The highest BCUT2D eigenvalue weighted by molar-refractivity contribution is 7.90. The van der Waals surface area contributed by atoms with E-state index in [2.05, 4.69) is 21.3 Å². The maximum absolute atomic E-state index is 11.7. The summed E-state index contributed by atoms with van der Waals surface area (Å²) < 4.78 is 29.4. The summed E-state index contributed by atoms with van der Waals surface area (Å²) >= 11 is 0. The van der Waals surface area contributed by atoms with Gasteiger partial charge >= 0.3 is 0 Å². The van der Waals surface area contributed by atoms with Crippen LogP contribution in [-0.2, 0) is 16.4 Å². The topological polar surface area (TPSA) is 121 Å². The summed E-state index contributed by atoms with van der Waals surface area (Å²) in [5.74, 6) is 1.74. The van der Waals surface area contributed by atoms with Crippen molar-refractivity contribution in [3.63, 3.8) is 0 Å². The van der Waals surface area contributed by atoms with Gasteiger partial charge in [-0.25, -0.2) is 8.42 Å². The number of anilines is 2.